The fourth-order valence-electron chi connectivity index (χ4n) is 1.36. The molecule has 1 aromatic heterocycles. The summed E-state index contributed by atoms with van der Waals surface area (Å²) in [6.45, 7) is 6.72. The van der Waals surface area contributed by atoms with E-state index in [0.717, 1.165) is 5.69 Å². The highest BCUT2D eigenvalue weighted by Gasteiger charge is 2.22. The molecular formula is C12H19N3OS. The summed E-state index contributed by atoms with van der Waals surface area (Å²) in [6.07, 6.45) is 2.39. The van der Waals surface area contributed by atoms with Crippen LogP contribution in [0, 0.1) is 0 Å². The topological polar surface area (TPSA) is 54.0 Å². The number of thiazole rings is 1. The lowest BCUT2D eigenvalue weighted by atomic mass is 9.93. The maximum Gasteiger partial charge on any atom is 0.240 e. The molecule has 0 bridgehead atoms. The molecule has 0 aromatic carbocycles. The number of nitrogens with zero attached hydrogens (tertiary/aromatic N) is 1. The van der Waals surface area contributed by atoms with Crippen molar-refractivity contribution in [2.24, 2.45) is 0 Å². The van der Waals surface area contributed by atoms with Gasteiger partial charge in [-0.1, -0.05) is 20.8 Å². The quantitative estimate of drug-likeness (QED) is 0.864. The molecule has 1 saturated carbocycles. The van der Waals surface area contributed by atoms with Gasteiger partial charge >= 0.3 is 0 Å². The van der Waals surface area contributed by atoms with E-state index in [1.54, 1.807) is 0 Å². The second-order valence-electron chi connectivity index (χ2n) is 5.49. The number of hydrogen-bond acceptors (Lipinski definition) is 4. The van der Waals surface area contributed by atoms with Crippen LogP contribution in [0.4, 0.5) is 5.13 Å². The molecule has 0 saturated heterocycles. The maximum absolute atomic E-state index is 11.6. The molecule has 1 amide bonds. The Morgan fingerprint density at radius 2 is 2.24 bits per heavy atom. The summed E-state index contributed by atoms with van der Waals surface area (Å²) >= 11 is 1.48. The number of anilines is 1. The minimum Gasteiger partial charge on any atom is -0.306 e. The molecule has 1 aromatic rings. The van der Waals surface area contributed by atoms with Gasteiger partial charge in [0.05, 0.1) is 12.2 Å². The summed E-state index contributed by atoms with van der Waals surface area (Å²) in [5.74, 6) is -0.00768. The van der Waals surface area contributed by atoms with Crippen LogP contribution in [0.5, 0.6) is 0 Å². The van der Waals surface area contributed by atoms with Crippen molar-refractivity contribution in [1.82, 2.24) is 10.3 Å². The number of hydrogen-bond donors (Lipinski definition) is 2. The summed E-state index contributed by atoms with van der Waals surface area (Å²) in [4.78, 5) is 16.0. The zero-order valence-corrected chi connectivity index (χ0v) is 11.4. The van der Waals surface area contributed by atoms with Crippen LogP contribution >= 0.6 is 11.3 Å². The summed E-state index contributed by atoms with van der Waals surface area (Å²) in [5.41, 5.74) is 1.05. The van der Waals surface area contributed by atoms with Crippen LogP contribution in [0.3, 0.4) is 0 Å². The standard InChI is InChI=1S/C12H19N3OS/c1-12(2,3)9-7-17-11(14-9)15-10(16)6-13-8-4-5-8/h7-8,13H,4-6H2,1-3H3,(H,14,15,16). The molecule has 0 aliphatic heterocycles. The first-order valence-corrected chi connectivity index (χ1v) is 6.82. The van der Waals surface area contributed by atoms with E-state index < -0.39 is 0 Å². The van der Waals surface area contributed by atoms with Gasteiger partial charge in [-0.15, -0.1) is 11.3 Å². The van der Waals surface area contributed by atoms with Gasteiger partial charge in [0.1, 0.15) is 0 Å². The molecule has 1 fully saturated rings. The van der Waals surface area contributed by atoms with Crippen LogP contribution in [-0.4, -0.2) is 23.5 Å². The molecule has 0 radical (unpaired) electrons. The molecule has 0 unspecified atom stereocenters. The molecule has 4 nitrogen and oxygen atoms in total. The molecule has 5 heteroatoms. The Bertz CT molecular complexity index is 404. The number of rotatable bonds is 4. The van der Waals surface area contributed by atoms with Crippen LogP contribution in [0.25, 0.3) is 0 Å². The molecule has 1 heterocycles. The van der Waals surface area contributed by atoms with Gasteiger partial charge in [0.25, 0.3) is 0 Å². The third kappa shape index (κ3) is 3.78. The van der Waals surface area contributed by atoms with Crippen LogP contribution < -0.4 is 10.6 Å². The molecule has 1 aliphatic rings. The van der Waals surface area contributed by atoms with Crippen LogP contribution in [0.1, 0.15) is 39.3 Å². The first kappa shape index (κ1) is 12.5. The molecule has 94 valence electrons. The van der Waals surface area contributed by atoms with E-state index >= 15 is 0 Å². The normalized spacial score (nSPS) is 15.9. The van der Waals surface area contributed by atoms with Gasteiger partial charge in [0, 0.05) is 16.8 Å². The van der Waals surface area contributed by atoms with Gasteiger partial charge in [-0.25, -0.2) is 4.98 Å². The summed E-state index contributed by atoms with van der Waals surface area (Å²) in [7, 11) is 0. The minimum absolute atomic E-state index is 0.00768. The molecule has 2 rings (SSSR count). The number of carbonyl (C=O) groups is 1. The highest BCUT2D eigenvalue weighted by atomic mass is 32.1. The second kappa shape index (κ2) is 4.74. The Morgan fingerprint density at radius 1 is 1.53 bits per heavy atom. The third-order valence-corrected chi connectivity index (χ3v) is 3.41. The van der Waals surface area contributed by atoms with Crippen molar-refractivity contribution >= 4 is 22.4 Å². The van der Waals surface area contributed by atoms with Crippen molar-refractivity contribution in [2.75, 3.05) is 11.9 Å². The van der Waals surface area contributed by atoms with E-state index in [-0.39, 0.29) is 11.3 Å². The van der Waals surface area contributed by atoms with E-state index in [9.17, 15) is 4.79 Å². The molecule has 1 aliphatic carbocycles. The fourth-order valence-corrected chi connectivity index (χ4v) is 2.32. The minimum atomic E-state index is -0.00768. The SMILES string of the molecule is CC(C)(C)c1csc(NC(=O)CNC2CC2)n1. The van der Waals surface area contributed by atoms with Crippen molar-refractivity contribution in [3.63, 3.8) is 0 Å². The first-order chi connectivity index (χ1) is 7.95. The van der Waals surface area contributed by atoms with E-state index in [2.05, 4.69) is 36.4 Å². The third-order valence-electron chi connectivity index (χ3n) is 2.65. The molecule has 2 N–H and O–H groups in total. The Morgan fingerprint density at radius 3 is 2.76 bits per heavy atom. The number of carbonyl (C=O) groups excluding carboxylic acids is 1. The number of nitrogens with one attached hydrogen (secondary N) is 2. The average molecular weight is 253 g/mol. The van der Waals surface area contributed by atoms with Gasteiger partial charge in [0.15, 0.2) is 5.13 Å². The van der Waals surface area contributed by atoms with Gasteiger partial charge in [0.2, 0.25) is 5.91 Å². The highest BCUT2D eigenvalue weighted by molar-refractivity contribution is 7.13. The van der Waals surface area contributed by atoms with Crippen LogP contribution in [-0.2, 0) is 10.2 Å². The molecule has 0 atom stereocenters. The van der Waals surface area contributed by atoms with E-state index in [0.29, 0.717) is 17.7 Å². The first-order valence-electron chi connectivity index (χ1n) is 5.94. The fraction of sp³-hybridized carbons (Fsp3) is 0.667. The number of amides is 1. The summed E-state index contributed by atoms with van der Waals surface area (Å²) in [6, 6.07) is 0.558. The predicted octanol–water partition coefficient (Wildman–Crippen LogP) is 2.13. The van der Waals surface area contributed by atoms with Crippen molar-refractivity contribution in [3.8, 4) is 0 Å². The van der Waals surface area contributed by atoms with E-state index in [1.165, 1.54) is 24.2 Å². The van der Waals surface area contributed by atoms with Crippen LogP contribution in [0.2, 0.25) is 0 Å². The largest absolute Gasteiger partial charge is 0.306 e. The monoisotopic (exact) mass is 253 g/mol. The zero-order chi connectivity index (χ0) is 12.5. The Balaban J connectivity index is 1.85. The average Bonchev–Trinajstić information content (AvgIpc) is 2.93. The van der Waals surface area contributed by atoms with Gasteiger partial charge in [-0.3, -0.25) is 4.79 Å². The lowest BCUT2D eigenvalue weighted by Crippen LogP contribution is -2.29. The maximum atomic E-state index is 11.6. The smallest absolute Gasteiger partial charge is 0.240 e. The second-order valence-corrected chi connectivity index (χ2v) is 6.35. The van der Waals surface area contributed by atoms with E-state index in [4.69, 9.17) is 0 Å². The lowest BCUT2D eigenvalue weighted by Gasteiger charge is -2.14. The number of aromatic nitrogens is 1. The Kier molecular flexibility index (Phi) is 3.49. The van der Waals surface area contributed by atoms with Gasteiger partial charge < -0.3 is 10.6 Å². The van der Waals surface area contributed by atoms with Crippen molar-refractivity contribution in [3.05, 3.63) is 11.1 Å². The van der Waals surface area contributed by atoms with Gasteiger partial charge in [-0.05, 0) is 12.8 Å². The Labute approximate surface area is 106 Å². The predicted molar refractivity (Wildman–Crippen MR) is 70.5 cm³/mol. The Hall–Kier alpha value is -0.940. The molecule has 17 heavy (non-hydrogen) atoms. The van der Waals surface area contributed by atoms with Gasteiger partial charge in [-0.2, -0.15) is 0 Å². The molecule has 0 spiro atoms. The van der Waals surface area contributed by atoms with Crippen molar-refractivity contribution < 1.29 is 4.79 Å². The molecular weight excluding hydrogens is 234 g/mol. The van der Waals surface area contributed by atoms with Crippen molar-refractivity contribution in [1.29, 1.82) is 0 Å². The summed E-state index contributed by atoms with van der Waals surface area (Å²) in [5, 5.41) is 8.70. The highest BCUT2D eigenvalue weighted by Crippen LogP contribution is 2.26. The summed E-state index contributed by atoms with van der Waals surface area (Å²) < 4.78 is 0. The van der Waals surface area contributed by atoms with Crippen molar-refractivity contribution in [2.45, 2.75) is 45.1 Å². The van der Waals surface area contributed by atoms with E-state index in [1.807, 2.05) is 5.38 Å². The van der Waals surface area contributed by atoms with Crippen LogP contribution in [0.15, 0.2) is 5.38 Å². The zero-order valence-electron chi connectivity index (χ0n) is 10.5. The lowest BCUT2D eigenvalue weighted by molar-refractivity contribution is -0.115.